The number of aromatic nitrogens is 2. The Labute approximate surface area is 134 Å². The fourth-order valence-corrected chi connectivity index (χ4v) is 3.64. The third kappa shape index (κ3) is 1.85. The van der Waals surface area contributed by atoms with Crippen LogP contribution < -0.4 is 0 Å². The van der Waals surface area contributed by atoms with Crippen molar-refractivity contribution < 1.29 is 0 Å². The van der Waals surface area contributed by atoms with E-state index in [1.807, 2.05) is 0 Å². The first-order valence-electron chi connectivity index (χ1n) is 7.96. The number of imidazole rings is 1. The van der Waals surface area contributed by atoms with E-state index >= 15 is 0 Å². The third-order valence-corrected chi connectivity index (χ3v) is 4.71. The SMILES string of the molecule is Cc1ccc2nc(-c3cccc4c3-c3ccccc3C4)[nH]c2c1. The lowest BCUT2D eigenvalue weighted by Gasteiger charge is -2.07. The molecule has 1 heterocycles. The molecule has 1 aromatic heterocycles. The van der Waals surface area contributed by atoms with E-state index in [1.165, 1.54) is 33.4 Å². The van der Waals surface area contributed by atoms with Crippen molar-refractivity contribution in [1.82, 2.24) is 9.97 Å². The van der Waals surface area contributed by atoms with E-state index in [2.05, 4.69) is 72.6 Å². The van der Waals surface area contributed by atoms with E-state index < -0.39 is 0 Å². The summed E-state index contributed by atoms with van der Waals surface area (Å²) in [5.41, 5.74) is 10.0. The van der Waals surface area contributed by atoms with Gasteiger partial charge in [0.05, 0.1) is 11.0 Å². The minimum Gasteiger partial charge on any atom is -0.338 e. The van der Waals surface area contributed by atoms with Crippen molar-refractivity contribution in [3.8, 4) is 22.5 Å². The summed E-state index contributed by atoms with van der Waals surface area (Å²) in [4.78, 5) is 8.32. The molecule has 0 saturated heterocycles. The molecule has 4 aromatic rings. The summed E-state index contributed by atoms with van der Waals surface area (Å²) in [6.45, 7) is 2.11. The highest BCUT2D eigenvalue weighted by atomic mass is 14.9. The summed E-state index contributed by atoms with van der Waals surface area (Å²) in [7, 11) is 0. The molecule has 2 heteroatoms. The smallest absolute Gasteiger partial charge is 0.139 e. The molecule has 1 aliphatic carbocycles. The van der Waals surface area contributed by atoms with Crippen molar-refractivity contribution in [2.45, 2.75) is 13.3 Å². The number of hydrogen-bond donors (Lipinski definition) is 1. The van der Waals surface area contributed by atoms with Gasteiger partial charge in [0, 0.05) is 5.56 Å². The quantitative estimate of drug-likeness (QED) is 0.457. The molecular weight excluding hydrogens is 280 g/mol. The second kappa shape index (κ2) is 4.56. The van der Waals surface area contributed by atoms with Crippen molar-refractivity contribution >= 4 is 11.0 Å². The van der Waals surface area contributed by atoms with Gasteiger partial charge in [0.15, 0.2) is 0 Å². The average molecular weight is 296 g/mol. The fraction of sp³-hybridized carbons (Fsp3) is 0.0952. The Morgan fingerprint density at radius 2 is 1.70 bits per heavy atom. The van der Waals surface area contributed by atoms with E-state index in [9.17, 15) is 0 Å². The van der Waals surface area contributed by atoms with Gasteiger partial charge in [0.2, 0.25) is 0 Å². The molecule has 0 aliphatic heterocycles. The second-order valence-corrected chi connectivity index (χ2v) is 6.28. The van der Waals surface area contributed by atoms with Crippen LogP contribution in [-0.2, 0) is 6.42 Å². The molecular formula is C21H16N2. The molecule has 0 atom stereocenters. The molecule has 1 N–H and O–H groups in total. The highest BCUT2D eigenvalue weighted by Crippen LogP contribution is 2.42. The Balaban J connectivity index is 1.77. The molecule has 2 nitrogen and oxygen atoms in total. The normalized spacial score (nSPS) is 12.4. The van der Waals surface area contributed by atoms with Crippen molar-refractivity contribution in [1.29, 1.82) is 0 Å². The Morgan fingerprint density at radius 3 is 2.65 bits per heavy atom. The second-order valence-electron chi connectivity index (χ2n) is 6.28. The molecule has 0 saturated carbocycles. The summed E-state index contributed by atoms with van der Waals surface area (Å²) in [5.74, 6) is 0.958. The lowest BCUT2D eigenvalue weighted by Crippen LogP contribution is -1.87. The predicted octanol–water partition coefficient (Wildman–Crippen LogP) is 5.11. The number of aromatic amines is 1. The number of fused-ring (bicyclic) bond motifs is 4. The van der Waals surface area contributed by atoms with Crippen molar-refractivity contribution in [2.75, 3.05) is 0 Å². The van der Waals surface area contributed by atoms with Crippen LogP contribution >= 0.6 is 0 Å². The van der Waals surface area contributed by atoms with Gasteiger partial charge < -0.3 is 4.98 Å². The molecule has 0 unspecified atom stereocenters. The molecule has 5 rings (SSSR count). The van der Waals surface area contributed by atoms with Crippen molar-refractivity contribution in [3.63, 3.8) is 0 Å². The number of benzene rings is 3. The minimum absolute atomic E-state index is 0.958. The summed E-state index contributed by atoms with van der Waals surface area (Å²) in [6, 6.07) is 21.6. The molecule has 0 fully saturated rings. The van der Waals surface area contributed by atoms with Gasteiger partial charge in [-0.05, 0) is 53.3 Å². The zero-order chi connectivity index (χ0) is 15.4. The third-order valence-electron chi connectivity index (χ3n) is 4.71. The van der Waals surface area contributed by atoms with Crippen LogP contribution in [0.2, 0.25) is 0 Å². The van der Waals surface area contributed by atoms with Crippen LogP contribution in [0.25, 0.3) is 33.5 Å². The molecule has 0 spiro atoms. The van der Waals surface area contributed by atoms with E-state index in [0.29, 0.717) is 0 Å². The fourth-order valence-electron chi connectivity index (χ4n) is 3.64. The van der Waals surface area contributed by atoms with Gasteiger partial charge in [-0.1, -0.05) is 48.5 Å². The highest BCUT2D eigenvalue weighted by molar-refractivity contribution is 5.90. The average Bonchev–Trinajstić information content (AvgIpc) is 3.14. The van der Waals surface area contributed by atoms with Crippen LogP contribution in [0, 0.1) is 6.92 Å². The predicted molar refractivity (Wildman–Crippen MR) is 94.5 cm³/mol. The number of aryl methyl sites for hydroxylation is 1. The Bertz CT molecular complexity index is 1060. The van der Waals surface area contributed by atoms with Crippen molar-refractivity contribution in [2.24, 2.45) is 0 Å². The lowest BCUT2D eigenvalue weighted by molar-refractivity contribution is 1.26. The van der Waals surface area contributed by atoms with Gasteiger partial charge in [-0.3, -0.25) is 0 Å². The maximum Gasteiger partial charge on any atom is 0.139 e. The lowest BCUT2D eigenvalue weighted by atomic mass is 9.99. The number of nitrogens with one attached hydrogen (secondary N) is 1. The first kappa shape index (κ1) is 12.7. The van der Waals surface area contributed by atoms with Crippen LogP contribution in [0.4, 0.5) is 0 Å². The zero-order valence-corrected chi connectivity index (χ0v) is 12.9. The zero-order valence-electron chi connectivity index (χ0n) is 12.9. The molecule has 23 heavy (non-hydrogen) atoms. The number of rotatable bonds is 1. The highest BCUT2D eigenvalue weighted by Gasteiger charge is 2.22. The number of nitrogens with zero attached hydrogens (tertiary/aromatic N) is 1. The van der Waals surface area contributed by atoms with Crippen LogP contribution in [0.3, 0.4) is 0 Å². The van der Waals surface area contributed by atoms with Gasteiger partial charge in [0.1, 0.15) is 5.82 Å². The molecule has 0 bridgehead atoms. The van der Waals surface area contributed by atoms with Crippen LogP contribution in [-0.4, -0.2) is 9.97 Å². The Kier molecular flexibility index (Phi) is 2.51. The minimum atomic E-state index is 0.958. The van der Waals surface area contributed by atoms with Gasteiger partial charge in [-0.2, -0.15) is 0 Å². The first-order chi connectivity index (χ1) is 11.3. The topological polar surface area (TPSA) is 28.7 Å². The van der Waals surface area contributed by atoms with E-state index in [1.54, 1.807) is 0 Å². The van der Waals surface area contributed by atoms with Gasteiger partial charge in [0.25, 0.3) is 0 Å². The largest absolute Gasteiger partial charge is 0.338 e. The molecule has 0 radical (unpaired) electrons. The maximum atomic E-state index is 4.82. The number of hydrogen-bond acceptors (Lipinski definition) is 1. The van der Waals surface area contributed by atoms with Crippen molar-refractivity contribution in [3.05, 3.63) is 77.4 Å². The molecule has 0 amide bonds. The summed E-state index contributed by atoms with van der Waals surface area (Å²) in [6.07, 6.45) is 1.01. The molecule has 110 valence electrons. The van der Waals surface area contributed by atoms with E-state index in [4.69, 9.17) is 4.98 Å². The van der Waals surface area contributed by atoms with E-state index in [-0.39, 0.29) is 0 Å². The summed E-state index contributed by atoms with van der Waals surface area (Å²) < 4.78 is 0. The summed E-state index contributed by atoms with van der Waals surface area (Å²) >= 11 is 0. The van der Waals surface area contributed by atoms with Crippen LogP contribution in [0.15, 0.2) is 60.7 Å². The molecule has 3 aromatic carbocycles. The van der Waals surface area contributed by atoms with E-state index in [0.717, 1.165) is 23.3 Å². The van der Waals surface area contributed by atoms with Crippen LogP contribution in [0.5, 0.6) is 0 Å². The summed E-state index contributed by atoms with van der Waals surface area (Å²) in [5, 5.41) is 0. The van der Waals surface area contributed by atoms with Gasteiger partial charge in [-0.25, -0.2) is 4.98 Å². The molecule has 1 aliphatic rings. The van der Waals surface area contributed by atoms with Crippen LogP contribution in [0.1, 0.15) is 16.7 Å². The monoisotopic (exact) mass is 296 g/mol. The Hall–Kier alpha value is -2.87. The number of H-pyrrole nitrogens is 1. The Morgan fingerprint density at radius 1 is 0.870 bits per heavy atom. The standard InChI is InChI=1S/C21H16N2/c1-13-9-10-18-19(11-13)23-21(22-18)17-8-4-6-15-12-14-5-2-3-7-16(14)20(15)17/h2-11H,12H2,1H3,(H,22,23). The maximum absolute atomic E-state index is 4.82. The van der Waals surface area contributed by atoms with Gasteiger partial charge in [-0.15, -0.1) is 0 Å². The first-order valence-corrected chi connectivity index (χ1v) is 7.96. The van der Waals surface area contributed by atoms with Gasteiger partial charge >= 0.3 is 0 Å².